The van der Waals surface area contributed by atoms with Crippen LogP contribution in [0, 0.1) is 18.5 Å². The van der Waals surface area contributed by atoms with Gasteiger partial charge in [-0.1, -0.05) is 238 Å². The third-order valence-electron chi connectivity index (χ3n) is 17.1. The molecule has 0 radical (unpaired) electrons. The molecule has 0 spiro atoms. The zero-order valence-corrected chi connectivity index (χ0v) is 51.7. The summed E-state index contributed by atoms with van der Waals surface area (Å²) in [6.45, 7) is 6.45. The molecule has 17 rings (SSSR count). The standard InChI is InChI=1S/C82H56N4O2Si.Pt/c1-82(2,3)55-45-46-83-79(48-55)86-74-39-19-17-35-68(74)69-43-42-58(50-75(69)86)87-57-24-21-23-56(49-57)84-53-85-80-63(54-41-44-78-72(47-54)70-36-18-20-40-77(70)88-78)37-22-38-71(80)66-33-15-13-31-64(66)65-32-14-16-34-67(65)73-51-62(52-76(84)81(73)85)89(59-25-7-4-8-26-59,60-27-9-5-10-28-60)61-29-11-6-12-30-61;/h4-48,51-52H,1-3H3;/q-2;/i4D,5D,6D,7D,8D,9D,10D,11D,12D,25D,26D,27D,28D,29D,30D;. The average Bonchev–Trinajstić information content (AvgIpc) is 0.987. The number of benzene rings is 12. The van der Waals surface area contributed by atoms with E-state index >= 15 is 0 Å². The Hall–Kier alpha value is -10.4. The van der Waals surface area contributed by atoms with Gasteiger partial charge in [-0.25, -0.2) is 4.98 Å². The Balaban J connectivity index is 0.00000847. The number of nitrogens with zero attached hydrogens (tertiary/aromatic N) is 4. The number of ether oxygens (including phenoxy) is 1. The number of fused-ring (bicyclic) bond motifs is 13. The second-order valence-electron chi connectivity index (χ2n) is 23.1. The molecule has 0 fully saturated rings. The van der Waals surface area contributed by atoms with Crippen LogP contribution < -0.4 is 30.1 Å². The molecule has 1 aliphatic rings. The van der Waals surface area contributed by atoms with Gasteiger partial charge in [-0.2, -0.15) is 18.2 Å². The Morgan fingerprint density at radius 1 is 0.489 bits per heavy atom. The van der Waals surface area contributed by atoms with Crippen molar-refractivity contribution < 1.29 is 55.3 Å². The van der Waals surface area contributed by atoms with Crippen molar-refractivity contribution in [2.45, 2.75) is 26.2 Å². The predicted molar refractivity (Wildman–Crippen MR) is 365 cm³/mol. The molecule has 0 bridgehead atoms. The van der Waals surface area contributed by atoms with Crippen LogP contribution in [-0.2, 0) is 26.5 Å². The zero-order chi connectivity index (χ0) is 72.4. The van der Waals surface area contributed by atoms with Gasteiger partial charge in [0.15, 0.2) is 8.07 Å². The van der Waals surface area contributed by atoms with Gasteiger partial charge >= 0.3 is 0 Å². The summed E-state index contributed by atoms with van der Waals surface area (Å²) in [6.07, 6.45) is 5.60. The number of aromatic nitrogens is 4. The van der Waals surface area contributed by atoms with Gasteiger partial charge in [0.1, 0.15) is 17.0 Å². The van der Waals surface area contributed by atoms with E-state index in [4.69, 9.17) is 18.3 Å². The van der Waals surface area contributed by atoms with Crippen LogP contribution in [-0.4, -0.2) is 22.2 Å². The molecule has 4 aromatic heterocycles. The van der Waals surface area contributed by atoms with E-state index in [2.05, 4.69) is 62.0 Å². The number of furan rings is 1. The summed E-state index contributed by atoms with van der Waals surface area (Å²) in [5.41, 5.74) is 10.9. The first-order valence-electron chi connectivity index (χ1n) is 36.6. The Morgan fingerprint density at radius 3 is 1.78 bits per heavy atom. The first kappa shape index (κ1) is 40.9. The maximum atomic E-state index is 10.1. The van der Waals surface area contributed by atoms with Crippen LogP contribution in [0.5, 0.6) is 11.5 Å². The summed E-state index contributed by atoms with van der Waals surface area (Å²) < 4.78 is 163. The smallest absolute Gasteiger partial charge is 0.268 e. The van der Waals surface area contributed by atoms with E-state index in [1.54, 1.807) is 34.9 Å². The van der Waals surface area contributed by atoms with Gasteiger partial charge in [-0.05, 0) is 124 Å². The summed E-state index contributed by atoms with van der Waals surface area (Å²) in [5, 5.41) is 1.64. The van der Waals surface area contributed by atoms with Crippen LogP contribution in [0.2, 0.25) is 0 Å². The van der Waals surface area contributed by atoms with Gasteiger partial charge in [-0.3, -0.25) is 4.57 Å². The maximum absolute atomic E-state index is 10.1. The van der Waals surface area contributed by atoms with Crippen molar-refractivity contribution in [3.05, 3.63) is 309 Å². The van der Waals surface area contributed by atoms with Crippen LogP contribution in [0.1, 0.15) is 46.9 Å². The second-order valence-corrected chi connectivity index (χ2v) is 26.7. The van der Waals surface area contributed by atoms with Crippen LogP contribution in [0.15, 0.2) is 289 Å². The molecule has 0 saturated carbocycles. The molecular formula is C82H56N4O2PtSi-2. The van der Waals surface area contributed by atoms with Gasteiger partial charge in [0.25, 0.3) is 6.33 Å². The molecule has 90 heavy (non-hydrogen) atoms. The van der Waals surface area contributed by atoms with E-state index in [1.807, 2.05) is 150 Å². The first-order valence-corrected chi connectivity index (χ1v) is 31.1. The Bertz CT molecular complexity index is 6190. The number of para-hydroxylation sites is 3. The predicted octanol–water partition coefficient (Wildman–Crippen LogP) is 17.1. The third-order valence-corrected chi connectivity index (χ3v) is 21.3. The van der Waals surface area contributed by atoms with Crippen LogP contribution in [0.4, 0.5) is 0 Å². The Kier molecular flexibility index (Phi) is 9.87. The number of imidazole rings is 1. The van der Waals surface area contributed by atoms with Crippen LogP contribution >= 0.6 is 0 Å². The van der Waals surface area contributed by atoms with E-state index in [9.17, 15) is 16.4 Å². The number of hydrogen-bond donors (Lipinski definition) is 0. The van der Waals surface area contributed by atoms with Gasteiger partial charge in [0, 0.05) is 55.1 Å². The third kappa shape index (κ3) is 8.78. The van der Waals surface area contributed by atoms with Gasteiger partial charge in [0.2, 0.25) is 0 Å². The minimum atomic E-state index is -5.82. The molecule has 0 unspecified atom stereocenters. The fraction of sp³-hybridized carbons (Fsp3) is 0.0488. The number of rotatable bonds is 9. The summed E-state index contributed by atoms with van der Waals surface area (Å²) in [7, 11) is -5.82. The molecule has 5 heterocycles. The first-order chi connectivity index (χ1) is 50.0. The van der Waals surface area contributed by atoms with Crippen molar-refractivity contribution in [2.24, 2.45) is 0 Å². The minimum Gasteiger partial charge on any atom is -0.510 e. The van der Waals surface area contributed by atoms with Gasteiger partial charge in [-0.15, -0.1) is 29.7 Å². The second kappa shape index (κ2) is 21.7. The number of pyridine rings is 1. The SMILES string of the molecule is [2H]c1c([2H])c([2H])c([Si](c2cc3c4c(c2)n(-c2[c-]c(Oc5[c-]c6c(cc5)c5ccccc5n6-c5cc(C(C)(C)C)ccn5)ccc2)[c-][n+]4-c2c(-c4ccc5oc6ccccc6c5c4)cccc2-c2ccccc2-c2ccccc2-3)(c2c([2H])c([2H])c([2H])c([2H])c2[2H])c2c([2H])c([2H])c([2H])c([2H])c2[2H])c([2H])c1[2H].[Pt]. The maximum Gasteiger partial charge on any atom is 0.268 e. The molecule has 0 aliphatic carbocycles. The number of hydrogen-bond acceptors (Lipinski definition) is 3. The fourth-order valence-electron chi connectivity index (χ4n) is 13.1. The zero-order valence-electron chi connectivity index (χ0n) is 63.4. The Labute approximate surface area is 558 Å². The fourth-order valence-corrected chi connectivity index (χ4v) is 16.9. The molecule has 432 valence electrons. The quantitative estimate of drug-likeness (QED) is 0.0626. The van der Waals surface area contributed by atoms with Crippen LogP contribution in [0.3, 0.4) is 0 Å². The monoisotopic (exact) mass is 1370 g/mol. The molecule has 16 aromatic rings. The largest absolute Gasteiger partial charge is 0.510 e. The molecule has 6 nitrogen and oxygen atoms in total. The van der Waals surface area contributed by atoms with Crippen molar-refractivity contribution in [1.29, 1.82) is 0 Å². The summed E-state index contributed by atoms with van der Waals surface area (Å²) in [5.74, 6) is 1.23. The molecule has 8 heteroatoms. The molecule has 1 aliphatic heterocycles. The molecule has 0 amide bonds. The van der Waals surface area contributed by atoms with E-state index in [-0.39, 0.29) is 42.9 Å². The topological polar surface area (TPSA) is 49.0 Å². The summed E-state index contributed by atoms with van der Waals surface area (Å²) in [6, 6.07) is 53.9. The molecule has 12 aromatic carbocycles. The van der Waals surface area contributed by atoms with E-state index in [0.29, 0.717) is 61.8 Å². The minimum absolute atomic E-state index is 0. The molecule has 0 saturated heterocycles. The van der Waals surface area contributed by atoms with Crippen LogP contribution in [0.25, 0.3) is 116 Å². The summed E-state index contributed by atoms with van der Waals surface area (Å²) in [4.78, 5) is 4.89. The van der Waals surface area contributed by atoms with E-state index < -0.39 is 114 Å². The van der Waals surface area contributed by atoms with Crippen molar-refractivity contribution in [3.63, 3.8) is 0 Å². The molecular weight excluding hydrogens is 1300 g/mol. The van der Waals surface area contributed by atoms with Gasteiger partial charge in [0.05, 0.1) is 37.3 Å². The van der Waals surface area contributed by atoms with Gasteiger partial charge < -0.3 is 18.3 Å². The summed E-state index contributed by atoms with van der Waals surface area (Å²) >= 11 is 0. The van der Waals surface area contributed by atoms with Crippen molar-refractivity contribution >= 4 is 83.6 Å². The molecule has 0 atom stereocenters. The average molecular weight is 1370 g/mol. The van der Waals surface area contributed by atoms with Crippen molar-refractivity contribution in [3.8, 4) is 73.2 Å². The Morgan fingerprint density at radius 2 is 1.08 bits per heavy atom. The van der Waals surface area contributed by atoms with E-state index in [0.717, 1.165) is 60.4 Å². The molecule has 0 N–H and O–H groups in total. The van der Waals surface area contributed by atoms with E-state index in [1.165, 1.54) is 0 Å². The van der Waals surface area contributed by atoms with Crippen molar-refractivity contribution in [1.82, 2.24) is 14.1 Å². The normalized spacial score (nSPS) is 14.4. The van der Waals surface area contributed by atoms with Crippen molar-refractivity contribution in [2.75, 3.05) is 0 Å².